The van der Waals surface area contributed by atoms with Crippen LogP contribution in [-0.2, 0) is 4.79 Å². The van der Waals surface area contributed by atoms with Gasteiger partial charge in [0.2, 0.25) is 6.04 Å². The molecule has 4 rings (SSSR count). The van der Waals surface area contributed by atoms with E-state index in [-0.39, 0.29) is 5.57 Å². The molecule has 3 aromatic rings. The molecular weight excluding hydrogens is 366 g/mol. The molecule has 1 N–H and O–H groups in total. The third kappa shape index (κ3) is 3.66. The number of amides is 1. The predicted molar refractivity (Wildman–Crippen MR) is 102 cm³/mol. The van der Waals surface area contributed by atoms with Crippen LogP contribution in [0.2, 0.25) is 0 Å². The third-order valence-electron chi connectivity index (χ3n) is 4.78. The monoisotopic (exact) mass is 383 g/mol. The number of pyridine rings is 1. The van der Waals surface area contributed by atoms with Crippen LogP contribution < -0.4 is 19.7 Å². The lowest BCUT2D eigenvalue weighted by molar-refractivity contribution is -0.711. The number of hydrogen-bond donors (Lipinski definition) is 1. The second kappa shape index (κ2) is 7.87. The van der Waals surface area contributed by atoms with Crippen molar-refractivity contribution in [3.05, 3.63) is 102 Å². The lowest BCUT2D eigenvalue weighted by Gasteiger charge is -2.31. The first-order valence-electron chi connectivity index (χ1n) is 9.08. The maximum absolute atomic E-state index is 12.7. The number of aromatic nitrogens is 1. The van der Waals surface area contributed by atoms with Gasteiger partial charge in [0.25, 0.3) is 5.91 Å². The van der Waals surface area contributed by atoms with Crippen LogP contribution in [-0.4, -0.2) is 5.91 Å². The topological polar surface area (TPSA) is 89.1 Å². The SMILES string of the molecule is N#CC1=C([O-])NC(=O)C([n+]2ccccc2)C1c1ccc(Oc2ccccc2)cc1. The van der Waals surface area contributed by atoms with Gasteiger partial charge in [-0.3, -0.25) is 4.79 Å². The van der Waals surface area contributed by atoms with E-state index in [1.165, 1.54) is 0 Å². The number of nitrogens with one attached hydrogen (secondary N) is 1. The Balaban J connectivity index is 1.72. The van der Waals surface area contributed by atoms with Gasteiger partial charge >= 0.3 is 0 Å². The Labute approximate surface area is 167 Å². The number of nitriles is 1. The Hall–Kier alpha value is -4.11. The molecule has 0 fully saturated rings. The van der Waals surface area contributed by atoms with E-state index in [0.717, 1.165) is 0 Å². The summed E-state index contributed by atoms with van der Waals surface area (Å²) in [7, 11) is 0. The number of ether oxygens (including phenoxy) is 1. The zero-order valence-corrected chi connectivity index (χ0v) is 15.4. The van der Waals surface area contributed by atoms with Crippen molar-refractivity contribution in [2.75, 3.05) is 0 Å². The summed E-state index contributed by atoms with van der Waals surface area (Å²) in [4.78, 5) is 12.7. The van der Waals surface area contributed by atoms with Crippen LogP contribution in [0, 0.1) is 11.3 Å². The first-order chi connectivity index (χ1) is 14.2. The van der Waals surface area contributed by atoms with Crippen LogP contribution in [0.15, 0.2) is 96.6 Å². The minimum Gasteiger partial charge on any atom is -0.859 e. The van der Waals surface area contributed by atoms with Gasteiger partial charge in [-0.1, -0.05) is 36.4 Å². The molecule has 6 heteroatoms. The van der Waals surface area contributed by atoms with Gasteiger partial charge < -0.3 is 15.2 Å². The normalized spacial score (nSPS) is 18.7. The molecule has 2 aromatic carbocycles. The molecule has 0 spiro atoms. The second-order valence-corrected chi connectivity index (χ2v) is 6.57. The van der Waals surface area contributed by atoms with Gasteiger partial charge in [-0.05, 0) is 35.7 Å². The summed E-state index contributed by atoms with van der Waals surface area (Å²) in [6.07, 6.45) is 3.49. The molecule has 0 saturated carbocycles. The molecule has 2 atom stereocenters. The van der Waals surface area contributed by atoms with Gasteiger partial charge in [0, 0.05) is 12.1 Å². The van der Waals surface area contributed by atoms with E-state index in [0.29, 0.717) is 17.1 Å². The molecule has 1 amide bonds. The summed E-state index contributed by atoms with van der Waals surface area (Å²) < 4.78 is 7.51. The van der Waals surface area contributed by atoms with Crippen LogP contribution in [0.3, 0.4) is 0 Å². The number of allylic oxidation sites excluding steroid dienone is 1. The molecule has 1 aliphatic rings. The van der Waals surface area contributed by atoms with Crippen LogP contribution in [0.5, 0.6) is 11.5 Å². The van der Waals surface area contributed by atoms with E-state index in [1.54, 1.807) is 53.4 Å². The van der Waals surface area contributed by atoms with E-state index in [9.17, 15) is 15.2 Å². The van der Waals surface area contributed by atoms with Crippen molar-refractivity contribution in [1.82, 2.24) is 5.32 Å². The summed E-state index contributed by atoms with van der Waals surface area (Å²) in [6.45, 7) is 0. The highest BCUT2D eigenvalue weighted by molar-refractivity contribution is 5.84. The highest BCUT2D eigenvalue weighted by Crippen LogP contribution is 2.36. The van der Waals surface area contributed by atoms with Crippen LogP contribution in [0.1, 0.15) is 17.5 Å². The first kappa shape index (κ1) is 18.3. The van der Waals surface area contributed by atoms with Crippen molar-refractivity contribution in [2.45, 2.75) is 12.0 Å². The van der Waals surface area contributed by atoms with Gasteiger partial charge in [-0.2, -0.15) is 9.83 Å². The fourth-order valence-electron chi connectivity index (χ4n) is 3.45. The van der Waals surface area contributed by atoms with Crippen molar-refractivity contribution in [1.29, 1.82) is 5.26 Å². The molecule has 29 heavy (non-hydrogen) atoms. The van der Waals surface area contributed by atoms with E-state index < -0.39 is 23.8 Å². The van der Waals surface area contributed by atoms with Crippen molar-refractivity contribution < 1.29 is 19.2 Å². The molecule has 0 saturated heterocycles. The molecule has 142 valence electrons. The summed E-state index contributed by atoms with van der Waals surface area (Å²) in [6, 6.07) is 23.1. The van der Waals surface area contributed by atoms with Crippen molar-refractivity contribution in [3.8, 4) is 17.6 Å². The number of para-hydroxylation sites is 1. The molecule has 1 aliphatic heterocycles. The van der Waals surface area contributed by atoms with E-state index in [1.807, 2.05) is 42.5 Å². The van der Waals surface area contributed by atoms with Crippen LogP contribution >= 0.6 is 0 Å². The molecule has 6 nitrogen and oxygen atoms in total. The Morgan fingerprint density at radius 1 is 0.931 bits per heavy atom. The molecule has 1 aromatic heterocycles. The standard InChI is InChI=1S/C23H17N3O3/c24-15-19-20(21(23(28)25-22(19)27)26-13-5-2-6-14-26)16-9-11-18(12-10-16)29-17-7-3-1-4-8-17/h1-14,20-21H,(H-,25,27,28). The van der Waals surface area contributed by atoms with Crippen LogP contribution in [0.25, 0.3) is 0 Å². The summed E-state index contributed by atoms with van der Waals surface area (Å²) in [5.41, 5.74) is 0.689. The highest BCUT2D eigenvalue weighted by Gasteiger charge is 2.43. The number of rotatable bonds is 4. The molecule has 0 radical (unpaired) electrons. The highest BCUT2D eigenvalue weighted by atomic mass is 16.5. The lowest BCUT2D eigenvalue weighted by atomic mass is 9.82. The maximum atomic E-state index is 12.7. The Morgan fingerprint density at radius 3 is 2.21 bits per heavy atom. The molecule has 2 heterocycles. The van der Waals surface area contributed by atoms with Gasteiger partial charge in [0.05, 0.1) is 17.6 Å². The second-order valence-electron chi connectivity index (χ2n) is 6.57. The third-order valence-corrected chi connectivity index (χ3v) is 4.78. The number of hydrogen-bond acceptors (Lipinski definition) is 4. The number of benzene rings is 2. The van der Waals surface area contributed by atoms with Gasteiger partial charge in [-0.15, -0.1) is 0 Å². The first-order valence-corrected chi connectivity index (χ1v) is 9.08. The number of nitrogens with zero attached hydrogens (tertiary/aromatic N) is 2. The molecule has 0 bridgehead atoms. The molecular formula is C23H17N3O3. The lowest BCUT2D eigenvalue weighted by Crippen LogP contribution is -2.55. The van der Waals surface area contributed by atoms with Crippen LogP contribution in [0.4, 0.5) is 0 Å². The summed E-state index contributed by atoms with van der Waals surface area (Å²) in [5.74, 6) is -0.470. The largest absolute Gasteiger partial charge is 0.859 e. The van der Waals surface area contributed by atoms with E-state index in [2.05, 4.69) is 5.32 Å². The smallest absolute Gasteiger partial charge is 0.293 e. The fraction of sp³-hybridized carbons (Fsp3) is 0.0870. The number of carbonyl (C=O) groups is 1. The predicted octanol–water partition coefficient (Wildman–Crippen LogP) is 2.32. The van der Waals surface area contributed by atoms with E-state index >= 15 is 0 Å². The van der Waals surface area contributed by atoms with Crippen molar-refractivity contribution >= 4 is 5.91 Å². The van der Waals surface area contributed by atoms with E-state index in [4.69, 9.17) is 4.74 Å². The average molecular weight is 383 g/mol. The minimum absolute atomic E-state index is 0.00248. The zero-order chi connectivity index (χ0) is 20.2. The Bertz CT molecular complexity index is 1090. The van der Waals surface area contributed by atoms with Crippen molar-refractivity contribution in [2.24, 2.45) is 0 Å². The van der Waals surface area contributed by atoms with Gasteiger partial charge in [0.15, 0.2) is 12.4 Å². The van der Waals surface area contributed by atoms with Gasteiger partial charge in [0.1, 0.15) is 11.5 Å². The zero-order valence-electron chi connectivity index (χ0n) is 15.4. The molecule has 2 unspecified atom stereocenters. The quantitative estimate of drug-likeness (QED) is 0.700. The average Bonchev–Trinajstić information content (AvgIpc) is 2.75. The maximum Gasteiger partial charge on any atom is 0.293 e. The number of carbonyl (C=O) groups excluding carboxylic acids is 1. The summed E-state index contributed by atoms with van der Waals surface area (Å²) >= 11 is 0. The fourth-order valence-corrected chi connectivity index (χ4v) is 3.45. The summed E-state index contributed by atoms with van der Waals surface area (Å²) in [5, 5.41) is 24.2. The van der Waals surface area contributed by atoms with Gasteiger partial charge in [-0.25, -0.2) is 0 Å². The Morgan fingerprint density at radius 2 is 1.55 bits per heavy atom. The van der Waals surface area contributed by atoms with Crippen molar-refractivity contribution in [3.63, 3.8) is 0 Å². The molecule has 0 aliphatic carbocycles. The minimum atomic E-state index is -0.746. The Kier molecular flexibility index (Phi) is 4.95.